The van der Waals surface area contributed by atoms with Gasteiger partial charge in [0.2, 0.25) is 0 Å². The van der Waals surface area contributed by atoms with Gasteiger partial charge in [0.15, 0.2) is 0 Å². The van der Waals surface area contributed by atoms with Gasteiger partial charge < -0.3 is 15.6 Å². The fourth-order valence-corrected chi connectivity index (χ4v) is 1.49. The summed E-state index contributed by atoms with van der Waals surface area (Å²) >= 11 is 0. The van der Waals surface area contributed by atoms with Crippen LogP contribution in [0.3, 0.4) is 0 Å². The van der Waals surface area contributed by atoms with E-state index in [0.29, 0.717) is 11.4 Å². The van der Waals surface area contributed by atoms with Gasteiger partial charge in [0.05, 0.1) is 5.69 Å². The quantitative estimate of drug-likeness (QED) is 0.583. The lowest BCUT2D eigenvalue weighted by molar-refractivity contribution is 0.155. The molecule has 2 rings (SSSR count). The number of carbonyl (C=O) groups is 1. The number of aromatic hydroxyl groups is 1. The summed E-state index contributed by atoms with van der Waals surface area (Å²) in [6.45, 7) is 0.139. The van der Waals surface area contributed by atoms with E-state index in [4.69, 9.17) is 10.5 Å². The Labute approximate surface area is 110 Å². The van der Waals surface area contributed by atoms with Gasteiger partial charge in [0.25, 0.3) is 0 Å². The van der Waals surface area contributed by atoms with E-state index in [2.05, 4.69) is 5.32 Å². The number of anilines is 2. The molecule has 1 amide bonds. The maximum absolute atomic E-state index is 11.5. The summed E-state index contributed by atoms with van der Waals surface area (Å²) in [6.07, 6.45) is -0.627. The molecule has 0 fully saturated rings. The van der Waals surface area contributed by atoms with Gasteiger partial charge in [-0.15, -0.1) is 0 Å². The highest BCUT2D eigenvalue weighted by atomic mass is 16.5. The van der Waals surface area contributed by atoms with Gasteiger partial charge in [-0.2, -0.15) is 0 Å². The number of ether oxygens (including phenoxy) is 1. The molecule has 0 spiro atoms. The largest absolute Gasteiger partial charge is 0.506 e. The fourth-order valence-electron chi connectivity index (χ4n) is 1.49. The predicted octanol–water partition coefficient (Wildman–Crippen LogP) is 2.72. The summed E-state index contributed by atoms with van der Waals surface area (Å²) in [4.78, 5) is 11.5. The van der Waals surface area contributed by atoms with Crippen molar-refractivity contribution >= 4 is 17.5 Å². The first-order valence-electron chi connectivity index (χ1n) is 5.71. The van der Waals surface area contributed by atoms with E-state index in [1.54, 1.807) is 42.5 Å². The molecular weight excluding hydrogens is 244 g/mol. The highest BCUT2D eigenvalue weighted by Gasteiger charge is 2.06. The minimum absolute atomic E-state index is 0.00747. The van der Waals surface area contributed by atoms with Crippen molar-refractivity contribution in [1.29, 1.82) is 0 Å². The van der Waals surface area contributed by atoms with E-state index in [0.717, 1.165) is 5.56 Å². The molecule has 19 heavy (non-hydrogen) atoms. The molecule has 0 saturated heterocycles. The Balaban J connectivity index is 1.88. The van der Waals surface area contributed by atoms with Crippen LogP contribution in [0.2, 0.25) is 0 Å². The van der Waals surface area contributed by atoms with Crippen molar-refractivity contribution in [3.8, 4) is 5.75 Å². The van der Waals surface area contributed by atoms with Crippen LogP contribution in [0.15, 0.2) is 48.5 Å². The Kier molecular flexibility index (Phi) is 3.87. The van der Waals surface area contributed by atoms with Crippen molar-refractivity contribution in [2.45, 2.75) is 6.61 Å². The lowest BCUT2D eigenvalue weighted by atomic mass is 10.2. The van der Waals surface area contributed by atoms with Gasteiger partial charge in [-0.3, -0.25) is 5.32 Å². The second-order valence-electron chi connectivity index (χ2n) is 3.96. The van der Waals surface area contributed by atoms with Gasteiger partial charge >= 0.3 is 6.09 Å². The third-order valence-corrected chi connectivity index (χ3v) is 2.49. The van der Waals surface area contributed by atoms with Crippen LogP contribution in [0.25, 0.3) is 0 Å². The number of nitrogens with one attached hydrogen (secondary N) is 1. The molecule has 0 bridgehead atoms. The molecule has 0 aliphatic heterocycles. The number of nitrogen functional groups attached to an aromatic ring is 1. The standard InChI is InChI=1S/C14H14N2O3/c15-11-7-5-10(6-8-11)9-19-14(18)16-12-3-1-2-4-13(12)17/h1-8,17H,9,15H2,(H,16,18). The number of nitrogens with two attached hydrogens (primary N) is 1. The van der Waals surface area contributed by atoms with Crippen LogP contribution in [0.5, 0.6) is 5.75 Å². The number of benzene rings is 2. The summed E-state index contributed by atoms with van der Waals surface area (Å²) in [6, 6.07) is 13.5. The molecule has 0 heterocycles. The molecular formula is C14H14N2O3. The van der Waals surface area contributed by atoms with Gasteiger partial charge in [-0.05, 0) is 29.8 Å². The molecule has 2 aromatic carbocycles. The van der Waals surface area contributed by atoms with Crippen LogP contribution in [-0.2, 0) is 11.3 Å². The number of phenols is 1. The van der Waals surface area contributed by atoms with Crippen LogP contribution in [0, 0.1) is 0 Å². The maximum Gasteiger partial charge on any atom is 0.412 e. The second-order valence-corrected chi connectivity index (χ2v) is 3.96. The van der Waals surface area contributed by atoms with Crippen molar-refractivity contribution in [3.63, 3.8) is 0 Å². The minimum Gasteiger partial charge on any atom is -0.506 e. The van der Waals surface area contributed by atoms with E-state index in [9.17, 15) is 9.90 Å². The van der Waals surface area contributed by atoms with E-state index >= 15 is 0 Å². The number of para-hydroxylation sites is 2. The van der Waals surface area contributed by atoms with Gasteiger partial charge in [-0.25, -0.2) is 4.79 Å². The number of carbonyl (C=O) groups excluding carboxylic acids is 1. The van der Waals surface area contributed by atoms with Crippen LogP contribution in [0.4, 0.5) is 16.2 Å². The highest BCUT2D eigenvalue weighted by Crippen LogP contribution is 2.21. The first-order valence-corrected chi connectivity index (χ1v) is 5.71. The number of hydrogen-bond acceptors (Lipinski definition) is 4. The summed E-state index contributed by atoms with van der Waals surface area (Å²) in [5, 5.41) is 11.9. The number of phenolic OH excluding ortho intramolecular Hbond substituents is 1. The molecule has 0 aromatic heterocycles. The van der Waals surface area contributed by atoms with Crippen LogP contribution < -0.4 is 11.1 Å². The summed E-state index contributed by atoms with van der Waals surface area (Å²) in [7, 11) is 0. The van der Waals surface area contributed by atoms with Crippen molar-refractivity contribution in [1.82, 2.24) is 0 Å². The number of rotatable bonds is 3. The molecule has 98 valence electrons. The average molecular weight is 258 g/mol. The van der Waals surface area contributed by atoms with Crippen molar-refractivity contribution in [2.24, 2.45) is 0 Å². The van der Waals surface area contributed by atoms with Crippen molar-refractivity contribution in [2.75, 3.05) is 11.1 Å². The number of amides is 1. The average Bonchev–Trinajstić information content (AvgIpc) is 2.41. The first-order chi connectivity index (χ1) is 9.15. The van der Waals surface area contributed by atoms with E-state index in [-0.39, 0.29) is 12.4 Å². The maximum atomic E-state index is 11.5. The van der Waals surface area contributed by atoms with Crippen LogP contribution in [-0.4, -0.2) is 11.2 Å². The smallest absolute Gasteiger partial charge is 0.412 e. The SMILES string of the molecule is Nc1ccc(COC(=O)Nc2ccccc2O)cc1. The molecule has 0 saturated carbocycles. The molecule has 0 aliphatic rings. The van der Waals surface area contributed by atoms with Crippen LogP contribution in [0.1, 0.15) is 5.56 Å². The lowest BCUT2D eigenvalue weighted by Crippen LogP contribution is -2.13. The molecule has 4 N–H and O–H groups in total. The van der Waals surface area contributed by atoms with Gasteiger partial charge in [0.1, 0.15) is 12.4 Å². The van der Waals surface area contributed by atoms with Crippen LogP contribution >= 0.6 is 0 Å². The highest BCUT2D eigenvalue weighted by molar-refractivity contribution is 5.86. The molecule has 0 aliphatic carbocycles. The Hall–Kier alpha value is -2.69. The summed E-state index contributed by atoms with van der Waals surface area (Å²) in [5.74, 6) is -0.00747. The predicted molar refractivity (Wildman–Crippen MR) is 72.8 cm³/mol. The van der Waals surface area contributed by atoms with Gasteiger partial charge in [0, 0.05) is 5.69 Å². The summed E-state index contributed by atoms with van der Waals surface area (Å²) < 4.78 is 5.02. The fraction of sp³-hybridized carbons (Fsp3) is 0.0714. The third-order valence-electron chi connectivity index (χ3n) is 2.49. The van der Waals surface area contributed by atoms with Crippen molar-refractivity contribution in [3.05, 3.63) is 54.1 Å². The Bertz CT molecular complexity index is 567. The Morgan fingerprint density at radius 2 is 1.84 bits per heavy atom. The molecule has 0 unspecified atom stereocenters. The molecule has 0 radical (unpaired) electrons. The zero-order valence-electron chi connectivity index (χ0n) is 10.2. The van der Waals surface area contributed by atoms with Gasteiger partial charge in [-0.1, -0.05) is 24.3 Å². The normalized spacial score (nSPS) is 9.89. The topological polar surface area (TPSA) is 84.6 Å². The Morgan fingerprint density at radius 1 is 1.16 bits per heavy atom. The number of hydrogen-bond donors (Lipinski definition) is 3. The molecule has 2 aromatic rings. The van der Waals surface area contributed by atoms with E-state index < -0.39 is 6.09 Å². The zero-order valence-corrected chi connectivity index (χ0v) is 10.2. The third kappa shape index (κ3) is 3.64. The van der Waals surface area contributed by atoms with E-state index in [1.165, 1.54) is 6.07 Å². The second kappa shape index (κ2) is 5.77. The molecule has 5 heteroatoms. The lowest BCUT2D eigenvalue weighted by Gasteiger charge is -2.08. The zero-order chi connectivity index (χ0) is 13.7. The minimum atomic E-state index is -0.627. The summed E-state index contributed by atoms with van der Waals surface area (Å²) in [5.41, 5.74) is 7.35. The molecule has 5 nitrogen and oxygen atoms in total. The van der Waals surface area contributed by atoms with Crippen molar-refractivity contribution < 1.29 is 14.6 Å². The monoisotopic (exact) mass is 258 g/mol. The van der Waals surface area contributed by atoms with E-state index in [1.807, 2.05) is 0 Å². The molecule has 0 atom stereocenters. The first kappa shape index (κ1) is 12.8. The Morgan fingerprint density at radius 3 is 2.53 bits per heavy atom.